The predicted molar refractivity (Wildman–Crippen MR) is 201 cm³/mol. The molecule has 298 valence electrons. The van der Waals surface area contributed by atoms with Crippen LogP contribution in [0.2, 0.25) is 0 Å². The molecule has 2 heterocycles. The molecular formula is C39H51N5O10S. The summed E-state index contributed by atoms with van der Waals surface area (Å²) in [4.78, 5) is 68.5. The molecule has 0 aromatic carbocycles. The number of ether oxygens (including phenoxy) is 1. The Kier molecular flexibility index (Phi) is 12.2. The van der Waals surface area contributed by atoms with E-state index in [4.69, 9.17) is 4.74 Å². The van der Waals surface area contributed by atoms with Crippen LogP contribution >= 0.6 is 11.8 Å². The van der Waals surface area contributed by atoms with Gasteiger partial charge in [0.1, 0.15) is 17.7 Å². The molecule has 15 nitrogen and oxygen atoms in total. The van der Waals surface area contributed by atoms with Gasteiger partial charge in [-0.2, -0.15) is 0 Å². The molecule has 5 aliphatic rings. The van der Waals surface area contributed by atoms with Crippen molar-refractivity contribution in [3.05, 3.63) is 65.2 Å². The first-order valence-corrected chi connectivity index (χ1v) is 20.0. The number of carboxylic acids is 2. The Bertz CT molecular complexity index is 1760. The molecule has 1 saturated carbocycles. The van der Waals surface area contributed by atoms with Crippen molar-refractivity contribution in [2.24, 2.45) is 16.7 Å². The van der Waals surface area contributed by atoms with Gasteiger partial charge in [-0.3, -0.25) is 24.7 Å². The normalized spacial score (nSPS) is 27.4. The van der Waals surface area contributed by atoms with E-state index in [1.54, 1.807) is 19.4 Å². The molecule has 55 heavy (non-hydrogen) atoms. The van der Waals surface area contributed by atoms with Gasteiger partial charge in [0.25, 0.3) is 0 Å². The minimum Gasteiger partial charge on any atom is -0.478 e. The summed E-state index contributed by atoms with van der Waals surface area (Å²) in [7, 11) is 1.54. The Morgan fingerprint density at radius 2 is 1.71 bits per heavy atom. The molecule has 1 aromatic heterocycles. The number of aliphatic hydroxyl groups excluding tert-OH is 1. The van der Waals surface area contributed by atoms with Crippen molar-refractivity contribution < 1.29 is 49.1 Å². The van der Waals surface area contributed by atoms with Crippen LogP contribution in [-0.4, -0.2) is 97.3 Å². The number of nitrogens with zero attached hydrogens (tertiary/aromatic N) is 1. The van der Waals surface area contributed by atoms with Crippen molar-refractivity contribution in [1.29, 1.82) is 0 Å². The molecule has 2 amide bonds. The summed E-state index contributed by atoms with van der Waals surface area (Å²) < 4.78 is 5.54. The molecule has 0 unspecified atom stereocenters. The zero-order valence-corrected chi connectivity index (χ0v) is 31.8. The molecule has 1 aliphatic heterocycles. The van der Waals surface area contributed by atoms with E-state index in [-0.39, 0.29) is 23.8 Å². The number of esters is 1. The van der Waals surface area contributed by atoms with Crippen molar-refractivity contribution >= 4 is 41.5 Å². The lowest BCUT2D eigenvalue weighted by Crippen LogP contribution is -2.56. The Hall–Kier alpha value is -4.09. The van der Waals surface area contributed by atoms with Crippen LogP contribution in [0.25, 0.3) is 0 Å². The number of rotatable bonds is 16. The van der Waals surface area contributed by atoms with E-state index in [0.717, 1.165) is 80.9 Å². The van der Waals surface area contributed by atoms with Crippen molar-refractivity contribution in [3.8, 4) is 0 Å². The molecule has 1 fully saturated rings. The van der Waals surface area contributed by atoms with E-state index in [0.29, 0.717) is 12.2 Å². The summed E-state index contributed by atoms with van der Waals surface area (Å²) in [6.45, 7) is -0.0666. The molecule has 1 aromatic rings. The van der Waals surface area contributed by atoms with E-state index in [1.165, 1.54) is 11.8 Å². The van der Waals surface area contributed by atoms with E-state index < -0.39 is 70.7 Å². The van der Waals surface area contributed by atoms with E-state index in [1.807, 2.05) is 17.4 Å². The first-order valence-electron chi connectivity index (χ1n) is 19.0. The molecule has 6 atom stereocenters. The predicted octanol–water partition coefficient (Wildman–Crippen LogP) is 2.26. The van der Waals surface area contributed by atoms with Crippen molar-refractivity contribution in [1.82, 2.24) is 26.3 Å². The highest BCUT2D eigenvalue weighted by Crippen LogP contribution is 2.67. The van der Waals surface area contributed by atoms with Crippen LogP contribution in [0, 0.1) is 16.7 Å². The Morgan fingerprint density at radius 1 is 1.02 bits per heavy atom. The molecule has 0 radical (unpaired) electrons. The molecule has 8 N–H and O–H groups in total. The van der Waals surface area contributed by atoms with Crippen LogP contribution < -0.4 is 21.3 Å². The van der Waals surface area contributed by atoms with E-state index in [9.17, 15) is 44.4 Å². The maximum absolute atomic E-state index is 14.0. The van der Waals surface area contributed by atoms with Gasteiger partial charge in [0, 0.05) is 43.1 Å². The number of nitrogens with one attached hydrogen (secondary N) is 4. The van der Waals surface area contributed by atoms with Crippen molar-refractivity contribution in [2.75, 3.05) is 19.5 Å². The minimum absolute atomic E-state index is 0.0666. The highest BCUT2D eigenvalue weighted by atomic mass is 32.2. The number of fused-ring (bicyclic) bond motifs is 3. The zero-order chi connectivity index (χ0) is 39.4. The Morgan fingerprint density at radius 3 is 2.38 bits per heavy atom. The topological polar surface area (TPSA) is 237 Å². The van der Waals surface area contributed by atoms with Crippen LogP contribution in [0.1, 0.15) is 82.6 Å². The van der Waals surface area contributed by atoms with Crippen LogP contribution in [0.4, 0.5) is 0 Å². The summed E-state index contributed by atoms with van der Waals surface area (Å²) in [6, 6.07) is 2.56. The number of carbonyl (C=O) groups is 5. The summed E-state index contributed by atoms with van der Waals surface area (Å²) in [5, 5.41) is 49.4. The number of amides is 2. The fraction of sp³-hybridized carbons (Fsp3) is 0.590. The third-order valence-electron chi connectivity index (χ3n) is 12.0. The maximum Gasteiger partial charge on any atom is 0.353 e. The van der Waals surface area contributed by atoms with Gasteiger partial charge in [0.15, 0.2) is 0 Å². The lowest BCUT2D eigenvalue weighted by atomic mass is 9.56. The fourth-order valence-electron chi connectivity index (χ4n) is 9.31. The van der Waals surface area contributed by atoms with E-state index >= 15 is 0 Å². The van der Waals surface area contributed by atoms with Gasteiger partial charge in [-0.15, -0.1) is 11.8 Å². The van der Waals surface area contributed by atoms with Crippen LogP contribution in [0.15, 0.2) is 59.7 Å². The van der Waals surface area contributed by atoms with Crippen molar-refractivity contribution in [3.63, 3.8) is 0 Å². The second-order valence-corrected chi connectivity index (χ2v) is 16.8. The lowest BCUT2D eigenvalue weighted by molar-refractivity contribution is -0.164. The third kappa shape index (κ3) is 8.10. The van der Waals surface area contributed by atoms with Gasteiger partial charge in [0.05, 0.1) is 4.75 Å². The van der Waals surface area contributed by atoms with Gasteiger partial charge < -0.3 is 41.1 Å². The second kappa shape index (κ2) is 16.6. The minimum atomic E-state index is -2.45. The molecule has 0 saturated heterocycles. The fourth-order valence-corrected chi connectivity index (χ4v) is 11.0. The lowest BCUT2D eigenvalue weighted by Gasteiger charge is -2.53. The Balaban J connectivity index is 1.35. The van der Waals surface area contributed by atoms with Gasteiger partial charge in [-0.05, 0) is 74.3 Å². The molecular weight excluding hydrogens is 731 g/mol. The summed E-state index contributed by atoms with van der Waals surface area (Å²) in [5.74, 6) is -5.44. The molecule has 16 heteroatoms. The third-order valence-corrected chi connectivity index (χ3v) is 13.8. The maximum atomic E-state index is 14.0. The van der Waals surface area contributed by atoms with Gasteiger partial charge in [0.2, 0.25) is 23.8 Å². The van der Waals surface area contributed by atoms with Crippen molar-refractivity contribution in [2.45, 2.75) is 106 Å². The average molecular weight is 782 g/mol. The standard InChI is InChI=1S/C39H51N5O10S/c1-40-23-42-39(53,35(51)52)14-7-28(45)43-27(31(46)44-32(47)33(48)49)22-55-38-16-15-36(10-3-2-4-11-37(38)12-5-6-13-37)21-25(19-24-8-17-41-18-9-24)20-26-29(36)30(38)54-34(26)50/h8-9,15-18,20,26-27,32,40,42,47,53H,2-7,10-14,19,21-23H2,1H3,(H,43,45)(H,44,46)(H,48,49)(H,51,52)/t26-,27+,32+,36+,38+,39-/m1/s1. The average Bonchev–Trinajstić information content (AvgIpc) is 3.78. The van der Waals surface area contributed by atoms with Gasteiger partial charge in [-0.1, -0.05) is 55.9 Å². The van der Waals surface area contributed by atoms with Crippen LogP contribution in [-0.2, 0) is 35.1 Å². The summed E-state index contributed by atoms with van der Waals surface area (Å²) >= 11 is 1.37. The largest absolute Gasteiger partial charge is 0.478 e. The monoisotopic (exact) mass is 781 g/mol. The summed E-state index contributed by atoms with van der Waals surface area (Å²) in [5.41, 5.74) is -0.0101. The number of thioether (sulfide) groups is 1. The first-order chi connectivity index (χ1) is 26.3. The Labute approximate surface area is 323 Å². The van der Waals surface area contributed by atoms with Crippen LogP contribution in [0.3, 0.4) is 0 Å². The molecule has 2 spiro atoms. The quantitative estimate of drug-likeness (QED) is 0.0683. The number of carboxylic acid groups (broad SMARTS) is 2. The van der Waals surface area contributed by atoms with Gasteiger partial charge in [-0.25, -0.2) is 9.59 Å². The first kappa shape index (κ1) is 40.6. The molecule has 4 aliphatic carbocycles. The SMILES string of the molecule is CNCN[C@@](O)(CCC(=O)N[C@@H](CS[C@]12C=C[C@@]3(CCCCCC14CCCC4)CC(Cc1ccncc1)=C[C@H]1C(=O)OC2=C13)C(=O)N[C@@H](O)C(=O)O)C(=O)O. The number of hydrogen-bond donors (Lipinski definition) is 8. The number of aliphatic carboxylic acids is 2. The van der Waals surface area contributed by atoms with Crippen LogP contribution in [0.5, 0.6) is 0 Å². The number of pyridine rings is 1. The highest BCUT2D eigenvalue weighted by Gasteiger charge is 2.63. The molecule has 6 rings (SSSR count). The zero-order valence-electron chi connectivity index (χ0n) is 31.0. The van der Waals surface area contributed by atoms with E-state index in [2.05, 4.69) is 39.2 Å². The number of aromatic nitrogens is 1. The number of aliphatic hydroxyl groups is 2. The summed E-state index contributed by atoms with van der Waals surface area (Å²) in [6.07, 6.45) is 16.5. The number of hydrogen-bond acceptors (Lipinski definition) is 12. The smallest absolute Gasteiger partial charge is 0.353 e. The molecule has 2 bridgehead atoms. The van der Waals surface area contributed by atoms with Gasteiger partial charge >= 0.3 is 17.9 Å². The number of carbonyl (C=O) groups excluding carboxylic acids is 3. The number of allylic oxidation sites excluding steroid dienone is 2. The highest BCUT2D eigenvalue weighted by molar-refractivity contribution is 8.01. The second-order valence-electron chi connectivity index (χ2n) is 15.5.